The van der Waals surface area contributed by atoms with Gasteiger partial charge >= 0.3 is 5.97 Å². The molecule has 0 saturated heterocycles. The van der Waals surface area contributed by atoms with Crippen LogP contribution in [0.4, 0.5) is 0 Å². The summed E-state index contributed by atoms with van der Waals surface area (Å²) in [7, 11) is 2.98. The molecule has 0 aliphatic carbocycles. The monoisotopic (exact) mass is 295 g/mol. The third-order valence-electron chi connectivity index (χ3n) is 3.38. The van der Waals surface area contributed by atoms with Gasteiger partial charge in [-0.15, -0.1) is 0 Å². The highest BCUT2D eigenvalue weighted by Gasteiger charge is 2.21. The van der Waals surface area contributed by atoms with Gasteiger partial charge in [-0.3, -0.25) is 4.79 Å². The van der Waals surface area contributed by atoms with E-state index in [4.69, 9.17) is 4.74 Å². The smallest absolute Gasteiger partial charge is 0.305 e. The third-order valence-corrected chi connectivity index (χ3v) is 3.38. The van der Waals surface area contributed by atoms with Gasteiger partial charge in [0.05, 0.1) is 20.3 Å². The summed E-state index contributed by atoms with van der Waals surface area (Å²) in [5, 5.41) is 13.8. The average Bonchev–Trinajstić information content (AvgIpc) is 2.54. The summed E-state index contributed by atoms with van der Waals surface area (Å²) >= 11 is 0. The highest BCUT2D eigenvalue weighted by Crippen LogP contribution is 2.22. The third kappa shape index (κ3) is 5.73. The van der Waals surface area contributed by atoms with Crippen molar-refractivity contribution in [3.63, 3.8) is 0 Å². The van der Waals surface area contributed by atoms with Gasteiger partial charge in [0.25, 0.3) is 0 Å². The highest BCUT2D eigenvalue weighted by atomic mass is 16.5. The fourth-order valence-electron chi connectivity index (χ4n) is 2.11. The predicted octanol–water partition coefficient (Wildman–Crippen LogP) is 2.05. The average molecular weight is 295 g/mol. The molecular formula is C16H25NO4. The molecule has 0 bridgehead atoms. The van der Waals surface area contributed by atoms with Crippen LogP contribution < -0.4 is 10.1 Å². The SMILES string of the molecule is CCCNC(CCC(=O)OC)C(O)c1ccc(OC)cc1. The van der Waals surface area contributed by atoms with Gasteiger partial charge in [-0.05, 0) is 37.1 Å². The fourth-order valence-corrected chi connectivity index (χ4v) is 2.11. The minimum atomic E-state index is -0.674. The molecule has 2 N–H and O–H groups in total. The van der Waals surface area contributed by atoms with E-state index in [1.54, 1.807) is 7.11 Å². The normalized spacial score (nSPS) is 13.5. The second-order valence-electron chi connectivity index (χ2n) is 4.89. The molecule has 118 valence electrons. The van der Waals surface area contributed by atoms with Gasteiger partial charge in [0.15, 0.2) is 0 Å². The Balaban J connectivity index is 2.71. The Morgan fingerprint density at radius 2 is 1.95 bits per heavy atom. The molecule has 5 heteroatoms. The Morgan fingerprint density at radius 1 is 1.29 bits per heavy atom. The molecule has 0 saturated carbocycles. The van der Waals surface area contributed by atoms with Gasteiger partial charge in [0, 0.05) is 12.5 Å². The number of rotatable bonds is 9. The molecule has 1 aromatic rings. The van der Waals surface area contributed by atoms with E-state index in [1.165, 1.54) is 7.11 Å². The van der Waals surface area contributed by atoms with Crippen LogP contribution in [0.1, 0.15) is 37.9 Å². The maximum absolute atomic E-state index is 11.3. The number of hydrogen-bond donors (Lipinski definition) is 2. The first-order chi connectivity index (χ1) is 10.1. The number of esters is 1. The lowest BCUT2D eigenvalue weighted by Gasteiger charge is -2.24. The van der Waals surface area contributed by atoms with E-state index in [1.807, 2.05) is 24.3 Å². The Hall–Kier alpha value is -1.59. The van der Waals surface area contributed by atoms with Crippen LogP contribution in [0.15, 0.2) is 24.3 Å². The molecule has 0 aromatic heterocycles. The Kier molecular flexibility index (Phi) is 7.79. The van der Waals surface area contributed by atoms with Gasteiger partial charge in [-0.2, -0.15) is 0 Å². The van der Waals surface area contributed by atoms with Crippen molar-refractivity contribution in [2.75, 3.05) is 20.8 Å². The van der Waals surface area contributed by atoms with E-state index < -0.39 is 6.10 Å². The minimum Gasteiger partial charge on any atom is -0.497 e. The van der Waals surface area contributed by atoms with Crippen molar-refractivity contribution in [2.45, 2.75) is 38.3 Å². The van der Waals surface area contributed by atoms with Crippen molar-refractivity contribution in [1.82, 2.24) is 5.32 Å². The van der Waals surface area contributed by atoms with Crippen LogP contribution in [-0.2, 0) is 9.53 Å². The summed E-state index contributed by atoms with van der Waals surface area (Å²) in [5.41, 5.74) is 0.800. The van der Waals surface area contributed by atoms with Crippen LogP contribution in [-0.4, -0.2) is 37.9 Å². The number of nitrogens with one attached hydrogen (secondary N) is 1. The van der Waals surface area contributed by atoms with Crippen LogP contribution in [0.3, 0.4) is 0 Å². The van der Waals surface area contributed by atoms with Gasteiger partial charge in [-0.1, -0.05) is 19.1 Å². The summed E-state index contributed by atoms with van der Waals surface area (Å²) < 4.78 is 9.77. The molecule has 0 amide bonds. The van der Waals surface area contributed by atoms with E-state index in [0.29, 0.717) is 6.42 Å². The number of aliphatic hydroxyl groups is 1. The quantitative estimate of drug-likeness (QED) is 0.683. The minimum absolute atomic E-state index is 0.183. The van der Waals surface area contributed by atoms with Crippen molar-refractivity contribution in [3.05, 3.63) is 29.8 Å². The predicted molar refractivity (Wildman–Crippen MR) is 81.3 cm³/mol. The van der Waals surface area contributed by atoms with Crippen molar-refractivity contribution < 1.29 is 19.4 Å². The Labute approximate surface area is 126 Å². The van der Waals surface area contributed by atoms with E-state index in [9.17, 15) is 9.90 Å². The number of methoxy groups -OCH3 is 2. The molecule has 1 aromatic carbocycles. The number of ether oxygens (including phenoxy) is 2. The zero-order valence-electron chi connectivity index (χ0n) is 13.0. The van der Waals surface area contributed by atoms with E-state index in [2.05, 4.69) is 17.0 Å². The van der Waals surface area contributed by atoms with Crippen LogP contribution >= 0.6 is 0 Å². The first-order valence-corrected chi connectivity index (χ1v) is 7.24. The number of hydrogen-bond acceptors (Lipinski definition) is 5. The summed E-state index contributed by atoms with van der Waals surface area (Å²) in [6, 6.07) is 7.12. The van der Waals surface area contributed by atoms with E-state index in [-0.39, 0.29) is 18.4 Å². The summed E-state index contributed by atoms with van der Waals surface area (Å²) in [6.07, 6.45) is 1.10. The lowest BCUT2D eigenvalue weighted by atomic mass is 9.98. The van der Waals surface area contributed by atoms with Gasteiger partial charge in [0.2, 0.25) is 0 Å². The molecule has 5 nitrogen and oxygen atoms in total. The molecule has 2 unspecified atom stereocenters. The molecule has 0 aliphatic rings. The van der Waals surface area contributed by atoms with Crippen molar-refractivity contribution in [1.29, 1.82) is 0 Å². The molecule has 0 radical (unpaired) electrons. The van der Waals surface area contributed by atoms with E-state index in [0.717, 1.165) is 24.3 Å². The van der Waals surface area contributed by atoms with Gasteiger partial charge in [0.1, 0.15) is 5.75 Å². The first kappa shape index (κ1) is 17.5. The number of benzene rings is 1. The molecule has 2 atom stereocenters. The van der Waals surface area contributed by atoms with Crippen LogP contribution in [0.5, 0.6) is 5.75 Å². The second kappa shape index (κ2) is 9.37. The number of carbonyl (C=O) groups excluding carboxylic acids is 1. The Morgan fingerprint density at radius 3 is 2.48 bits per heavy atom. The standard InChI is InChI=1S/C16H25NO4/c1-4-11-17-14(9-10-15(18)21-3)16(19)12-5-7-13(20-2)8-6-12/h5-8,14,16-17,19H,4,9-11H2,1-3H3. The molecule has 0 heterocycles. The highest BCUT2D eigenvalue weighted by molar-refractivity contribution is 5.69. The van der Waals surface area contributed by atoms with Gasteiger partial charge in [-0.25, -0.2) is 0 Å². The molecule has 21 heavy (non-hydrogen) atoms. The molecule has 0 fully saturated rings. The zero-order valence-corrected chi connectivity index (χ0v) is 13.0. The van der Waals surface area contributed by atoms with Crippen LogP contribution in [0.2, 0.25) is 0 Å². The number of carbonyl (C=O) groups is 1. The lowest BCUT2D eigenvalue weighted by molar-refractivity contribution is -0.141. The summed E-state index contributed by atoms with van der Waals surface area (Å²) in [4.78, 5) is 11.3. The molecular weight excluding hydrogens is 270 g/mol. The molecule has 1 rings (SSSR count). The topological polar surface area (TPSA) is 67.8 Å². The molecule has 0 aliphatic heterocycles. The second-order valence-corrected chi connectivity index (χ2v) is 4.89. The van der Waals surface area contributed by atoms with Crippen LogP contribution in [0.25, 0.3) is 0 Å². The van der Waals surface area contributed by atoms with E-state index >= 15 is 0 Å². The molecule has 0 spiro atoms. The summed E-state index contributed by atoms with van der Waals surface area (Å²) in [6.45, 7) is 2.85. The van der Waals surface area contributed by atoms with Crippen molar-refractivity contribution >= 4 is 5.97 Å². The maximum atomic E-state index is 11.3. The Bertz CT molecular complexity index is 419. The zero-order chi connectivity index (χ0) is 15.7. The fraction of sp³-hybridized carbons (Fsp3) is 0.562. The maximum Gasteiger partial charge on any atom is 0.305 e. The number of aliphatic hydroxyl groups excluding tert-OH is 1. The van der Waals surface area contributed by atoms with Crippen LogP contribution in [0, 0.1) is 0 Å². The largest absolute Gasteiger partial charge is 0.497 e. The van der Waals surface area contributed by atoms with Crippen molar-refractivity contribution in [3.8, 4) is 5.75 Å². The van der Waals surface area contributed by atoms with Crippen molar-refractivity contribution in [2.24, 2.45) is 0 Å². The van der Waals surface area contributed by atoms with Gasteiger partial charge < -0.3 is 19.9 Å². The first-order valence-electron chi connectivity index (χ1n) is 7.24. The summed E-state index contributed by atoms with van der Waals surface area (Å²) in [5.74, 6) is 0.485. The lowest BCUT2D eigenvalue weighted by Crippen LogP contribution is -2.36.